The fourth-order valence-electron chi connectivity index (χ4n) is 2.25. The molecule has 0 radical (unpaired) electrons. The monoisotopic (exact) mass is 291 g/mol. The summed E-state index contributed by atoms with van der Waals surface area (Å²) >= 11 is 6.25. The van der Waals surface area contributed by atoms with Crippen LogP contribution in [0.4, 0.5) is 5.69 Å². The van der Waals surface area contributed by atoms with E-state index < -0.39 is 0 Å². The number of benzene rings is 1. The van der Waals surface area contributed by atoms with E-state index in [1.54, 1.807) is 0 Å². The Hall–Kier alpha value is -1.48. The van der Waals surface area contributed by atoms with Crippen LogP contribution in [0.25, 0.3) is 0 Å². The van der Waals surface area contributed by atoms with Crippen molar-refractivity contribution in [2.45, 2.75) is 39.7 Å². The van der Waals surface area contributed by atoms with Gasteiger partial charge in [-0.2, -0.15) is 5.10 Å². The molecule has 3 nitrogen and oxygen atoms in total. The molecule has 0 aliphatic heterocycles. The standard InChI is InChI=1S/C16H22ClN3/c1-11-6-7-14(13(17)8-11)18-9-12-10-20(5)19-15(12)16(2,3)4/h6-8,10,18H,9H2,1-5H3. The molecule has 0 atom stereocenters. The number of nitrogens with one attached hydrogen (secondary N) is 1. The molecule has 0 bridgehead atoms. The smallest absolute Gasteiger partial charge is 0.0727 e. The highest BCUT2D eigenvalue weighted by atomic mass is 35.5. The van der Waals surface area contributed by atoms with Crippen LogP contribution < -0.4 is 5.32 Å². The van der Waals surface area contributed by atoms with Crippen LogP contribution in [0.5, 0.6) is 0 Å². The van der Waals surface area contributed by atoms with Gasteiger partial charge in [-0.25, -0.2) is 0 Å². The molecule has 4 heteroatoms. The third kappa shape index (κ3) is 3.34. The lowest BCUT2D eigenvalue weighted by Gasteiger charge is -2.18. The normalized spacial score (nSPS) is 11.7. The summed E-state index contributed by atoms with van der Waals surface area (Å²) in [5.74, 6) is 0. The van der Waals surface area contributed by atoms with Gasteiger partial charge in [0.25, 0.3) is 0 Å². The van der Waals surface area contributed by atoms with Crippen molar-refractivity contribution in [3.63, 3.8) is 0 Å². The lowest BCUT2D eigenvalue weighted by atomic mass is 9.89. The summed E-state index contributed by atoms with van der Waals surface area (Å²) < 4.78 is 1.87. The summed E-state index contributed by atoms with van der Waals surface area (Å²) in [4.78, 5) is 0. The molecule has 0 spiro atoms. The molecule has 0 saturated carbocycles. The van der Waals surface area contributed by atoms with Crippen molar-refractivity contribution in [2.75, 3.05) is 5.32 Å². The molecule has 0 amide bonds. The van der Waals surface area contributed by atoms with E-state index in [4.69, 9.17) is 11.6 Å². The highest BCUT2D eigenvalue weighted by molar-refractivity contribution is 6.33. The predicted octanol–water partition coefficient (Wildman–Crippen LogP) is 4.29. The molecule has 0 aliphatic carbocycles. The van der Waals surface area contributed by atoms with E-state index in [0.29, 0.717) is 0 Å². The maximum Gasteiger partial charge on any atom is 0.0727 e. The van der Waals surface area contributed by atoms with E-state index in [2.05, 4.69) is 43.4 Å². The van der Waals surface area contributed by atoms with Gasteiger partial charge >= 0.3 is 0 Å². The average molecular weight is 292 g/mol. The molecule has 0 aliphatic rings. The number of anilines is 1. The third-order valence-corrected chi connectivity index (χ3v) is 3.52. The Kier molecular flexibility index (Phi) is 4.09. The fraction of sp³-hybridized carbons (Fsp3) is 0.438. The van der Waals surface area contributed by atoms with Crippen molar-refractivity contribution in [3.05, 3.63) is 46.2 Å². The van der Waals surface area contributed by atoms with Gasteiger partial charge in [0.15, 0.2) is 0 Å². The number of hydrogen-bond donors (Lipinski definition) is 1. The zero-order chi connectivity index (χ0) is 14.9. The van der Waals surface area contributed by atoms with Crippen molar-refractivity contribution >= 4 is 17.3 Å². The first-order valence-electron chi connectivity index (χ1n) is 6.80. The Morgan fingerprint density at radius 2 is 2.00 bits per heavy atom. The van der Waals surface area contributed by atoms with Gasteiger partial charge in [0.1, 0.15) is 0 Å². The number of rotatable bonds is 3. The topological polar surface area (TPSA) is 29.9 Å². The fourth-order valence-corrected chi connectivity index (χ4v) is 2.55. The lowest BCUT2D eigenvalue weighted by Crippen LogP contribution is -2.16. The van der Waals surface area contributed by atoms with E-state index in [0.717, 1.165) is 28.5 Å². The van der Waals surface area contributed by atoms with Crippen molar-refractivity contribution < 1.29 is 0 Å². The van der Waals surface area contributed by atoms with Crippen molar-refractivity contribution in [1.29, 1.82) is 0 Å². The molecule has 0 fully saturated rings. The minimum atomic E-state index is 0.0370. The van der Waals surface area contributed by atoms with Crippen molar-refractivity contribution in [1.82, 2.24) is 9.78 Å². The Morgan fingerprint density at radius 1 is 1.30 bits per heavy atom. The second-order valence-corrected chi connectivity index (χ2v) is 6.67. The molecule has 1 heterocycles. The Labute approximate surface area is 126 Å². The summed E-state index contributed by atoms with van der Waals surface area (Å²) in [7, 11) is 1.96. The Bertz CT molecular complexity index is 609. The molecule has 0 unspecified atom stereocenters. The molecular formula is C16H22ClN3. The molecule has 20 heavy (non-hydrogen) atoms. The number of hydrogen-bond acceptors (Lipinski definition) is 2. The predicted molar refractivity (Wildman–Crippen MR) is 85.4 cm³/mol. The van der Waals surface area contributed by atoms with Crippen LogP contribution in [0, 0.1) is 6.92 Å². The maximum atomic E-state index is 6.25. The highest BCUT2D eigenvalue weighted by Gasteiger charge is 2.21. The molecule has 1 aromatic heterocycles. The number of halogens is 1. The highest BCUT2D eigenvalue weighted by Crippen LogP contribution is 2.27. The summed E-state index contributed by atoms with van der Waals surface area (Å²) in [6, 6.07) is 6.05. The molecule has 108 valence electrons. The molecule has 2 rings (SSSR count). The van der Waals surface area contributed by atoms with Gasteiger partial charge in [-0.1, -0.05) is 38.4 Å². The number of aryl methyl sites for hydroxylation is 2. The second-order valence-electron chi connectivity index (χ2n) is 6.26. The van der Waals surface area contributed by atoms with Gasteiger partial charge in [0.2, 0.25) is 0 Å². The second kappa shape index (κ2) is 5.49. The molecular weight excluding hydrogens is 270 g/mol. The van der Waals surface area contributed by atoms with Crippen LogP contribution in [-0.2, 0) is 19.0 Å². The molecule has 0 saturated heterocycles. The van der Waals surface area contributed by atoms with Crippen LogP contribution in [0.15, 0.2) is 24.4 Å². The molecule has 2 aromatic rings. The molecule has 1 N–H and O–H groups in total. The van der Waals surface area contributed by atoms with E-state index in [-0.39, 0.29) is 5.41 Å². The third-order valence-electron chi connectivity index (χ3n) is 3.21. The van der Waals surface area contributed by atoms with E-state index in [1.165, 1.54) is 5.56 Å². The minimum Gasteiger partial charge on any atom is -0.380 e. The Balaban J connectivity index is 2.19. The largest absolute Gasteiger partial charge is 0.380 e. The van der Waals surface area contributed by atoms with Gasteiger partial charge in [0, 0.05) is 30.8 Å². The summed E-state index contributed by atoms with van der Waals surface area (Å²) in [5, 5.41) is 8.73. The van der Waals surface area contributed by atoms with Crippen LogP contribution in [0.2, 0.25) is 5.02 Å². The Morgan fingerprint density at radius 3 is 2.60 bits per heavy atom. The van der Waals surface area contributed by atoms with Gasteiger partial charge in [-0.05, 0) is 24.6 Å². The van der Waals surface area contributed by atoms with Gasteiger partial charge < -0.3 is 5.32 Å². The zero-order valence-electron chi connectivity index (χ0n) is 12.8. The quantitative estimate of drug-likeness (QED) is 0.914. The van der Waals surface area contributed by atoms with E-state index >= 15 is 0 Å². The van der Waals surface area contributed by atoms with E-state index in [9.17, 15) is 0 Å². The first-order valence-corrected chi connectivity index (χ1v) is 7.18. The van der Waals surface area contributed by atoms with E-state index in [1.807, 2.05) is 30.8 Å². The average Bonchev–Trinajstić information content (AvgIpc) is 2.69. The first-order chi connectivity index (χ1) is 9.27. The van der Waals surface area contributed by atoms with Crippen molar-refractivity contribution in [3.8, 4) is 0 Å². The summed E-state index contributed by atoms with van der Waals surface area (Å²) in [5.41, 5.74) is 4.49. The summed E-state index contributed by atoms with van der Waals surface area (Å²) in [6.07, 6.45) is 2.07. The zero-order valence-corrected chi connectivity index (χ0v) is 13.5. The van der Waals surface area contributed by atoms with Crippen molar-refractivity contribution in [2.24, 2.45) is 7.05 Å². The molecule has 1 aromatic carbocycles. The van der Waals surface area contributed by atoms with Gasteiger partial charge in [-0.15, -0.1) is 0 Å². The SMILES string of the molecule is Cc1ccc(NCc2cn(C)nc2C(C)(C)C)c(Cl)c1. The lowest BCUT2D eigenvalue weighted by molar-refractivity contribution is 0.549. The van der Waals surface area contributed by atoms with Gasteiger partial charge in [0.05, 0.1) is 16.4 Å². The van der Waals surface area contributed by atoms with Crippen LogP contribution >= 0.6 is 11.6 Å². The maximum absolute atomic E-state index is 6.25. The van der Waals surface area contributed by atoms with Crippen LogP contribution in [-0.4, -0.2) is 9.78 Å². The number of aromatic nitrogens is 2. The summed E-state index contributed by atoms with van der Waals surface area (Å²) in [6.45, 7) is 9.30. The van der Waals surface area contributed by atoms with Crippen LogP contribution in [0.3, 0.4) is 0 Å². The number of nitrogens with zero attached hydrogens (tertiary/aromatic N) is 2. The van der Waals surface area contributed by atoms with Crippen LogP contribution in [0.1, 0.15) is 37.6 Å². The van der Waals surface area contributed by atoms with Gasteiger partial charge in [-0.3, -0.25) is 4.68 Å². The first kappa shape index (κ1) is 14.9. The minimum absolute atomic E-state index is 0.0370.